The Bertz CT molecular complexity index is 452. The second-order valence-corrected chi connectivity index (χ2v) is 5.83. The van der Waals surface area contributed by atoms with Crippen LogP contribution in [0.1, 0.15) is 6.42 Å². The van der Waals surface area contributed by atoms with Gasteiger partial charge in [0, 0.05) is 18.1 Å². The number of benzene rings is 1. The number of aliphatic hydroxyl groups excluding tert-OH is 1. The Morgan fingerprint density at radius 3 is 2.80 bits per heavy atom. The molecular formula is C14H19BrN2O3. The molecule has 6 heteroatoms. The van der Waals surface area contributed by atoms with E-state index in [2.05, 4.69) is 21.2 Å². The minimum Gasteiger partial charge on any atom is -0.492 e. The molecule has 1 aromatic carbocycles. The molecule has 0 saturated carbocycles. The highest BCUT2D eigenvalue weighted by Gasteiger charge is 2.29. The van der Waals surface area contributed by atoms with Crippen molar-refractivity contribution in [1.29, 1.82) is 0 Å². The normalized spacial score (nSPS) is 21.8. The number of aliphatic hydroxyl groups is 1. The first-order valence-electron chi connectivity index (χ1n) is 6.61. The first-order chi connectivity index (χ1) is 9.56. The van der Waals surface area contributed by atoms with Gasteiger partial charge in [0.05, 0.1) is 18.7 Å². The number of carbonyl (C=O) groups is 1. The lowest BCUT2D eigenvalue weighted by molar-refractivity contribution is -0.132. The number of likely N-dealkylation sites (N-methyl/N-ethyl adjacent to an activating group) is 1. The fraction of sp³-hybridized carbons (Fsp3) is 0.500. The first-order valence-corrected chi connectivity index (χ1v) is 7.40. The van der Waals surface area contributed by atoms with Crippen LogP contribution in [0.5, 0.6) is 5.75 Å². The molecule has 2 unspecified atom stereocenters. The van der Waals surface area contributed by atoms with Crippen molar-refractivity contribution in [2.75, 3.05) is 26.7 Å². The van der Waals surface area contributed by atoms with Gasteiger partial charge in [-0.3, -0.25) is 4.79 Å². The first kappa shape index (κ1) is 15.3. The number of nitrogens with one attached hydrogen (secondary N) is 1. The molecule has 0 spiro atoms. The third kappa shape index (κ3) is 4.19. The van der Waals surface area contributed by atoms with E-state index in [4.69, 9.17) is 4.74 Å². The van der Waals surface area contributed by atoms with Crippen LogP contribution in [0, 0.1) is 0 Å². The standard InChI is InChI=1S/C14H19BrN2O3/c1-17(14(19)13-8-11(18)9-16-13)6-7-20-12-4-2-10(15)3-5-12/h2-5,11,13,16,18H,6-9H2,1H3. The molecule has 1 aromatic rings. The van der Waals surface area contributed by atoms with Crippen molar-refractivity contribution in [3.05, 3.63) is 28.7 Å². The van der Waals surface area contributed by atoms with Gasteiger partial charge in [-0.15, -0.1) is 0 Å². The average molecular weight is 343 g/mol. The number of halogens is 1. The van der Waals surface area contributed by atoms with Gasteiger partial charge in [0.1, 0.15) is 12.4 Å². The smallest absolute Gasteiger partial charge is 0.239 e. The summed E-state index contributed by atoms with van der Waals surface area (Å²) in [5.41, 5.74) is 0. The predicted octanol–water partition coefficient (Wildman–Crippen LogP) is 1.01. The van der Waals surface area contributed by atoms with Gasteiger partial charge >= 0.3 is 0 Å². The fourth-order valence-electron chi connectivity index (χ4n) is 2.11. The SMILES string of the molecule is CN(CCOc1ccc(Br)cc1)C(=O)C1CC(O)CN1. The van der Waals surface area contributed by atoms with Crippen LogP contribution in [0.4, 0.5) is 0 Å². The molecule has 0 bridgehead atoms. The Morgan fingerprint density at radius 1 is 1.50 bits per heavy atom. The number of amides is 1. The van der Waals surface area contributed by atoms with E-state index in [1.807, 2.05) is 24.3 Å². The zero-order valence-corrected chi connectivity index (χ0v) is 13.0. The van der Waals surface area contributed by atoms with E-state index in [9.17, 15) is 9.90 Å². The third-order valence-corrected chi connectivity index (χ3v) is 3.82. The Labute approximate surface area is 127 Å². The van der Waals surface area contributed by atoms with Crippen molar-refractivity contribution in [1.82, 2.24) is 10.2 Å². The Balaban J connectivity index is 1.73. The van der Waals surface area contributed by atoms with E-state index in [-0.39, 0.29) is 11.9 Å². The number of carbonyl (C=O) groups excluding carboxylic acids is 1. The molecule has 1 saturated heterocycles. The van der Waals surface area contributed by atoms with E-state index in [1.165, 1.54) is 0 Å². The topological polar surface area (TPSA) is 61.8 Å². The van der Waals surface area contributed by atoms with Crippen molar-refractivity contribution < 1.29 is 14.6 Å². The van der Waals surface area contributed by atoms with Crippen molar-refractivity contribution in [3.63, 3.8) is 0 Å². The number of hydrogen-bond acceptors (Lipinski definition) is 4. The average Bonchev–Trinajstić information content (AvgIpc) is 2.86. The number of rotatable bonds is 5. The van der Waals surface area contributed by atoms with Crippen molar-refractivity contribution >= 4 is 21.8 Å². The van der Waals surface area contributed by atoms with Gasteiger partial charge < -0.3 is 20.1 Å². The summed E-state index contributed by atoms with van der Waals surface area (Å²) >= 11 is 3.36. The quantitative estimate of drug-likeness (QED) is 0.838. The molecular weight excluding hydrogens is 324 g/mol. The van der Waals surface area contributed by atoms with Gasteiger partial charge in [-0.1, -0.05) is 15.9 Å². The highest BCUT2D eigenvalue weighted by Crippen LogP contribution is 2.16. The molecule has 1 aliphatic heterocycles. The summed E-state index contributed by atoms with van der Waals surface area (Å²) in [5.74, 6) is 0.782. The van der Waals surface area contributed by atoms with Gasteiger partial charge in [0.15, 0.2) is 0 Å². The Hall–Kier alpha value is -1.11. The lowest BCUT2D eigenvalue weighted by atomic mass is 10.2. The van der Waals surface area contributed by atoms with Gasteiger partial charge in [-0.2, -0.15) is 0 Å². The summed E-state index contributed by atoms with van der Waals surface area (Å²) < 4.78 is 6.58. The van der Waals surface area contributed by atoms with Crippen LogP contribution < -0.4 is 10.1 Å². The summed E-state index contributed by atoms with van der Waals surface area (Å²) in [6, 6.07) is 7.30. The third-order valence-electron chi connectivity index (χ3n) is 3.29. The largest absolute Gasteiger partial charge is 0.492 e. The maximum atomic E-state index is 12.1. The zero-order valence-electron chi connectivity index (χ0n) is 11.4. The zero-order chi connectivity index (χ0) is 14.5. The summed E-state index contributed by atoms with van der Waals surface area (Å²) in [4.78, 5) is 13.7. The summed E-state index contributed by atoms with van der Waals surface area (Å²) in [5, 5.41) is 12.4. The number of β-amino-alcohol motifs (C(OH)–C–C–N with tert-alkyl or cyclic N) is 1. The predicted molar refractivity (Wildman–Crippen MR) is 79.7 cm³/mol. The van der Waals surface area contributed by atoms with Crippen molar-refractivity contribution in [3.8, 4) is 5.75 Å². The van der Waals surface area contributed by atoms with E-state index in [0.717, 1.165) is 10.2 Å². The van der Waals surface area contributed by atoms with Crippen LogP contribution in [-0.4, -0.2) is 54.8 Å². The molecule has 20 heavy (non-hydrogen) atoms. The maximum absolute atomic E-state index is 12.1. The van der Waals surface area contributed by atoms with Crippen LogP contribution in [0.15, 0.2) is 28.7 Å². The van der Waals surface area contributed by atoms with Crippen LogP contribution in [0.25, 0.3) is 0 Å². The Morgan fingerprint density at radius 2 is 2.20 bits per heavy atom. The molecule has 0 radical (unpaired) electrons. The van der Waals surface area contributed by atoms with Crippen molar-refractivity contribution in [2.45, 2.75) is 18.6 Å². The summed E-state index contributed by atoms with van der Waals surface area (Å²) in [6.07, 6.45) is 0.0628. The lowest BCUT2D eigenvalue weighted by Crippen LogP contribution is -2.43. The molecule has 110 valence electrons. The monoisotopic (exact) mass is 342 g/mol. The fourth-order valence-corrected chi connectivity index (χ4v) is 2.38. The Kier molecular flexibility index (Phi) is 5.39. The molecule has 1 fully saturated rings. The van der Waals surface area contributed by atoms with Gasteiger partial charge in [0.25, 0.3) is 0 Å². The molecule has 1 amide bonds. The molecule has 5 nitrogen and oxygen atoms in total. The van der Waals surface area contributed by atoms with Crippen molar-refractivity contribution in [2.24, 2.45) is 0 Å². The maximum Gasteiger partial charge on any atom is 0.239 e. The summed E-state index contributed by atoms with van der Waals surface area (Å²) in [7, 11) is 1.75. The number of nitrogens with zero attached hydrogens (tertiary/aromatic N) is 1. The molecule has 1 aliphatic rings. The van der Waals surface area contributed by atoms with Crippen LogP contribution in [-0.2, 0) is 4.79 Å². The summed E-state index contributed by atoms with van der Waals surface area (Å²) in [6.45, 7) is 1.45. The van der Waals surface area contributed by atoms with Gasteiger partial charge in [-0.05, 0) is 30.7 Å². The number of hydrogen-bond donors (Lipinski definition) is 2. The second-order valence-electron chi connectivity index (χ2n) is 4.91. The molecule has 2 atom stereocenters. The minimum atomic E-state index is -0.420. The van der Waals surface area contributed by atoms with E-state index in [0.29, 0.717) is 26.1 Å². The highest BCUT2D eigenvalue weighted by atomic mass is 79.9. The molecule has 0 aliphatic carbocycles. The van der Waals surface area contributed by atoms with Crippen LogP contribution >= 0.6 is 15.9 Å². The van der Waals surface area contributed by atoms with E-state index in [1.54, 1.807) is 11.9 Å². The molecule has 0 aromatic heterocycles. The van der Waals surface area contributed by atoms with Gasteiger partial charge in [-0.25, -0.2) is 0 Å². The number of ether oxygens (including phenoxy) is 1. The second kappa shape index (κ2) is 7.06. The molecule has 2 rings (SSSR count). The molecule has 1 heterocycles. The lowest BCUT2D eigenvalue weighted by Gasteiger charge is -2.21. The van der Waals surface area contributed by atoms with Gasteiger partial charge in [0.2, 0.25) is 5.91 Å². The highest BCUT2D eigenvalue weighted by molar-refractivity contribution is 9.10. The van der Waals surface area contributed by atoms with E-state index >= 15 is 0 Å². The molecule has 2 N–H and O–H groups in total. The van der Waals surface area contributed by atoms with E-state index < -0.39 is 6.10 Å². The minimum absolute atomic E-state index is 0.000885. The van der Waals surface area contributed by atoms with Crippen LogP contribution in [0.3, 0.4) is 0 Å². The van der Waals surface area contributed by atoms with Crippen LogP contribution in [0.2, 0.25) is 0 Å².